The second kappa shape index (κ2) is 8.96. The summed E-state index contributed by atoms with van der Waals surface area (Å²) in [6, 6.07) is 3.75. The lowest BCUT2D eigenvalue weighted by molar-refractivity contribution is 0.581. The smallest absolute Gasteiger partial charge is 0.188 e. The highest BCUT2D eigenvalue weighted by molar-refractivity contribution is 14.0. The monoisotopic (exact) mass is 406 g/mol. The number of hydrogen-bond acceptors (Lipinski definition) is 4. The number of unbranched alkanes of at least 4 members (excludes halogenated alkanes) is 1. The van der Waals surface area contributed by atoms with Gasteiger partial charge in [0.05, 0.1) is 18.5 Å². The van der Waals surface area contributed by atoms with Crippen LogP contribution in [0.5, 0.6) is 0 Å². The van der Waals surface area contributed by atoms with Gasteiger partial charge in [-0.05, 0) is 18.6 Å². The Kier molecular flexibility index (Phi) is 7.60. The van der Waals surface area contributed by atoms with E-state index in [1.54, 1.807) is 17.6 Å². The van der Waals surface area contributed by atoms with Crippen LogP contribution in [0.2, 0.25) is 0 Å². The van der Waals surface area contributed by atoms with Crippen LogP contribution in [0.15, 0.2) is 33.2 Å². The third kappa shape index (κ3) is 5.12. The van der Waals surface area contributed by atoms with E-state index >= 15 is 0 Å². The number of nitrogens with zero attached hydrogens (tertiary/aromatic N) is 2. The summed E-state index contributed by atoms with van der Waals surface area (Å²) in [6.45, 7) is 3.49. The maximum atomic E-state index is 5.76. The third-order valence-electron chi connectivity index (χ3n) is 2.53. The summed E-state index contributed by atoms with van der Waals surface area (Å²) < 4.78 is 5.30. The van der Waals surface area contributed by atoms with Gasteiger partial charge in [0.15, 0.2) is 16.7 Å². The Labute approximate surface area is 139 Å². The summed E-state index contributed by atoms with van der Waals surface area (Å²) >= 11 is 1.55. The van der Waals surface area contributed by atoms with E-state index in [0.717, 1.165) is 35.8 Å². The van der Waals surface area contributed by atoms with Crippen molar-refractivity contribution in [3.05, 3.63) is 29.5 Å². The van der Waals surface area contributed by atoms with E-state index < -0.39 is 0 Å². The van der Waals surface area contributed by atoms with Crippen molar-refractivity contribution in [3.8, 4) is 10.8 Å². The number of nitrogens with one attached hydrogen (secondary N) is 1. The molecule has 0 aliphatic carbocycles. The molecule has 0 spiro atoms. The molecular formula is C13H19IN4OS. The van der Waals surface area contributed by atoms with Gasteiger partial charge < -0.3 is 15.5 Å². The van der Waals surface area contributed by atoms with E-state index in [-0.39, 0.29) is 24.0 Å². The van der Waals surface area contributed by atoms with Gasteiger partial charge in [0.25, 0.3) is 0 Å². The molecule has 0 fully saturated rings. The molecule has 0 amide bonds. The Balaban J connectivity index is 0.00000200. The molecule has 0 unspecified atom stereocenters. The standard InChI is InChI=1S/C13H18N4OS.HI/c1-2-3-6-15-13(14)16-8-10-9-19-12(17-10)11-5-4-7-18-11;/h4-5,7,9H,2-3,6,8H2,1H3,(H3,14,15,16);1H. The molecule has 0 aliphatic rings. The van der Waals surface area contributed by atoms with Crippen molar-refractivity contribution in [1.82, 2.24) is 10.3 Å². The highest BCUT2D eigenvalue weighted by Crippen LogP contribution is 2.24. The number of halogens is 1. The van der Waals surface area contributed by atoms with Crippen LogP contribution >= 0.6 is 35.3 Å². The molecule has 110 valence electrons. The van der Waals surface area contributed by atoms with Crippen LogP contribution in [-0.2, 0) is 6.54 Å². The van der Waals surface area contributed by atoms with Crippen LogP contribution < -0.4 is 11.1 Å². The predicted octanol–water partition coefficient (Wildman–Crippen LogP) is 3.23. The quantitative estimate of drug-likeness (QED) is 0.334. The maximum Gasteiger partial charge on any atom is 0.188 e. The first-order chi connectivity index (χ1) is 9.29. The fourth-order valence-corrected chi connectivity index (χ4v) is 2.29. The number of aromatic nitrogens is 1. The summed E-state index contributed by atoms with van der Waals surface area (Å²) in [7, 11) is 0. The van der Waals surface area contributed by atoms with Crippen LogP contribution in [-0.4, -0.2) is 17.5 Å². The van der Waals surface area contributed by atoms with Gasteiger partial charge in [-0.2, -0.15) is 0 Å². The molecule has 0 saturated carbocycles. The summed E-state index contributed by atoms with van der Waals surface area (Å²) in [5, 5.41) is 5.91. The lowest BCUT2D eigenvalue weighted by Crippen LogP contribution is -2.32. The summed E-state index contributed by atoms with van der Waals surface area (Å²) in [6.07, 6.45) is 3.87. The first kappa shape index (κ1) is 17.0. The van der Waals surface area contributed by atoms with Crippen molar-refractivity contribution in [2.75, 3.05) is 6.54 Å². The van der Waals surface area contributed by atoms with Crippen LogP contribution in [0, 0.1) is 0 Å². The van der Waals surface area contributed by atoms with Crippen molar-refractivity contribution in [1.29, 1.82) is 0 Å². The number of guanidine groups is 1. The second-order valence-corrected chi connectivity index (χ2v) is 4.96. The highest BCUT2D eigenvalue weighted by atomic mass is 127. The van der Waals surface area contributed by atoms with Gasteiger partial charge in [0.1, 0.15) is 0 Å². The van der Waals surface area contributed by atoms with Gasteiger partial charge in [-0.25, -0.2) is 9.98 Å². The largest absolute Gasteiger partial charge is 0.462 e. The minimum atomic E-state index is 0. The minimum absolute atomic E-state index is 0. The zero-order chi connectivity index (χ0) is 13.5. The van der Waals surface area contributed by atoms with Crippen LogP contribution in [0.4, 0.5) is 0 Å². The van der Waals surface area contributed by atoms with Gasteiger partial charge >= 0.3 is 0 Å². The van der Waals surface area contributed by atoms with Crippen LogP contribution in [0.25, 0.3) is 10.8 Å². The molecule has 0 saturated heterocycles. The molecular weight excluding hydrogens is 387 g/mol. The van der Waals surface area contributed by atoms with E-state index in [1.165, 1.54) is 0 Å². The number of rotatable bonds is 6. The van der Waals surface area contributed by atoms with Gasteiger partial charge in [0, 0.05) is 11.9 Å². The van der Waals surface area contributed by atoms with E-state index in [2.05, 4.69) is 22.2 Å². The first-order valence-electron chi connectivity index (χ1n) is 6.31. The fraction of sp³-hybridized carbons (Fsp3) is 0.385. The van der Waals surface area contributed by atoms with Gasteiger partial charge in [0.2, 0.25) is 0 Å². The van der Waals surface area contributed by atoms with Crippen molar-refractivity contribution in [3.63, 3.8) is 0 Å². The van der Waals surface area contributed by atoms with Crippen molar-refractivity contribution in [2.45, 2.75) is 26.3 Å². The van der Waals surface area contributed by atoms with E-state index in [9.17, 15) is 0 Å². The number of nitrogens with two attached hydrogens (primary N) is 1. The van der Waals surface area contributed by atoms with Gasteiger partial charge in [-0.1, -0.05) is 13.3 Å². The summed E-state index contributed by atoms with van der Waals surface area (Å²) in [5.41, 5.74) is 6.66. The topological polar surface area (TPSA) is 76.4 Å². The SMILES string of the molecule is CCCCNC(N)=NCc1csc(-c2ccco2)n1.I. The Morgan fingerprint density at radius 2 is 2.40 bits per heavy atom. The average molecular weight is 406 g/mol. The Morgan fingerprint density at radius 1 is 1.55 bits per heavy atom. The molecule has 0 radical (unpaired) electrons. The minimum Gasteiger partial charge on any atom is -0.462 e. The molecule has 20 heavy (non-hydrogen) atoms. The number of hydrogen-bond donors (Lipinski definition) is 2. The molecule has 0 aromatic carbocycles. The zero-order valence-electron chi connectivity index (χ0n) is 11.3. The Bertz CT molecular complexity index is 524. The second-order valence-electron chi connectivity index (χ2n) is 4.10. The number of furan rings is 1. The molecule has 2 heterocycles. The normalized spacial score (nSPS) is 11.2. The molecule has 2 rings (SSSR count). The van der Waals surface area contributed by atoms with Crippen LogP contribution in [0.3, 0.4) is 0 Å². The van der Waals surface area contributed by atoms with Crippen molar-refractivity contribution in [2.24, 2.45) is 10.7 Å². The van der Waals surface area contributed by atoms with Gasteiger partial charge in [-0.15, -0.1) is 35.3 Å². The predicted molar refractivity (Wildman–Crippen MR) is 93.5 cm³/mol. The number of aliphatic imine (C=N–C) groups is 1. The summed E-state index contributed by atoms with van der Waals surface area (Å²) in [5.74, 6) is 1.26. The molecule has 7 heteroatoms. The lowest BCUT2D eigenvalue weighted by Gasteiger charge is -2.03. The molecule has 2 aromatic heterocycles. The Hall–Kier alpha value is -1.09. The zero-order valence-corrected chi connectivity index (χ0v) is 14.5. The maximum absolute atomic E-state index is 5.76. The number of thiazole rings is 1. The lowest BCUT2D eigenvalue weighted by atomic mass is 10.3. The molecule has 0 atom stereocenters. The highest BCUT2D eigenvalue weighted by Gasteiger charge is 2.06. The van der Waals surface area contributed by atoms with Crippen molar-refractivity contribution >= 4 is 41.3 Å². The summed E-state index contributed by atoms with van der Waals surface area (Å²) in [4.78, 5) is 8.71. The van der Waals surface area contributed by atoms with E-state index in [1.807, 2.05) is 17.5 Å². The average Bonchev–Trinajstić information content (AvgIpc) is 3.07. The molecule has 0 bridgehead atoms. The fourth-order valence-electron chi connectivity index (χ4n) is 1.51. The molecule has 0 aliphatic heterocycles. The van der Waals surface area contributed by atoms with E-state index in [0.29, 0.717) is 12.5 Å². The van der Waals surface area contributed by atoms with E-state index in [4.69, 9.17) is 10.2 Å². The molecule has 5 nitrogen and oxygen atoms in total. The van der Waals surface area contributed by atoms with Crippen LogP contribution in [0.1, 0.15) is 25.5 Å². The molecule has 3 N–H and O–H groups in total. The van der Waals surface area contributed by atoms with Gasteiger partial charge in [-0.3, -0.25) is 0 Å². The van der Waals surface area contributed by atoms with Crippen molar-refractivity contribution < 1.29 is 4.42 Å². The third-order valence-corrected chi connectivity index (χ3v) is 3.44. The first-order valence-corrected chi connectivity index (χ1v) is 7.19. The Morgan fingerprint density at radius 3 is 3.10 bits per heavy atom. The molecule has 2 aromatic rings.